The van der Waals surface area contributed by atoms with Crippen LogP contribution in [-0.4, -0.2) is 40.1 Å². The van der Waals surface area contributed by atoms with E-state index in [0.29, 0.717) is 12.1 Å². The van der Waals surface area contributed by atoms with Crippen molar-refractivity contribution in [2.24, 2.45) is 0 Å². The zero-order chi connectivity index (χ0) is 14.7. The third kappa shape index (κ3) is 2.88. The summed E-state index contributed by atoms with van der Waals surface area (Å²) in [5, 5.41) is 11.7. The first-order chi connectivity index (χ1) is 9.52. The number of carbonyl (C=O) groups is 2. The summed E-state index contributed by atoms with van der Waals surface area (Å²) in [4.78, 5) is 28.4. The molecule has 0 aliphatic heterocycles. The minimum atomic E-state index is -1.01. The van der Waals surface area contributed by atoms with E-state index in [1.807, 2.05) is 12.1 Å². The van der Waals surface area contributed by atoms with Crippen LogP contribution in [0.5, 0.6) is 0 Å². The summed E-state index contributed by atoms with van der Waals surface area (Å²) in [7, 11) is 1.48. The van der Waals surface area contributed by atoms with Crippen LogP contribution < -0.4 is 5.32 Å². The van der Waals surface area contributed by atoms with Gasteiger partial charge in [-0.25, -0.2) is 14.6 Å². The minimum Gasteiger partial charge on any atom is -0.480 e. The van der Waals surface area contributed by atoms with Gasteiger partial charge in [0, 0.05) is 12.7 Å². The van der Waals surface area contributed by atoms with Gasteiger partial charge in [-0.3, -0.25) is 0 Å². The highest BCUT2D eigenvalue weighted by atomic mass is 32.1. The SMILES string of the molecule is CCC(C(=O)O)N(C)C(=O)Nc1ccc2ncsc2c1. The normalized spacial score (nSPS) is 12.1. The molecule has 2 N–H and O–H groups in total. The van der Waals surface area contributed by atoms with Gasteiger partial charge in [0.15, 0.2) is 0 Å². The molecule has 0 radical (unpaired) electrons. The molecule has 2 amide bonds. The van der Waals surface area contributed by atoms with Crippen LogP contribution in [0.2, 0.25) is 0 Å². The second-order valence-corrected chi connectivity index (χ2v) is 5.22. The highest BCUT2D eigenvalue weighted by Crippen LogP contribution is 2.22. The molecule has 7 heteroatoms. The molecule has 1 heterocycles. The van der Waals surface area contributed by atoms with Gasteiger partial charge in [0.2, 0.25) is 0 Å². The van der Waals surface area contributed by atoms with E-state index >= 15 is 0 Å². The first-order valence-corrected chi connectivity index (χ1v) is 7.00. The number of aliphatic carboxylic acids is 1. The monoisotopic (exact) mass is 293 g/mol. The number of likely N-dealkylation sites (N-methyl/N-ethyl adjacent to an activating group) is 1. The zero-order valence-corrected chi connectivity index (χ0v) is 12.0. The molecule has 0 aliphatic carbocycles. The Morgan fingerprint density at radius 1 is 1.50 bits per heavy atom. The molecular formula is C13H15N3O3S. The van der Waals surface area contributed by atoms with Gasteiger partial charge >= 0.3 is 12.0 Å². The van der Waals surface area contributed by atoms with Crippen molar-refractivity contribution in [1.82, 2.24) is 9.88 Å². The van der Waals surface area contributed by atoms with Crippen LogP contribution in [0.3, 0.4) is 0 Å². The number of hydrogen-bond donors (Lipinski definition) is 2. The van der Waals surface area contributed by atoms with Gasteiger partial charge in [-0.15, -0.1) is 11.3 Å². The van der Waals surface area contributed by atoms with E-state index < -0.39 is 18.0 Å². The highest BCUT2D eigenvalue weighted by Gasteiger charge is 2.24. The molecule has 0 saturated carbocycles. The molecule has 6 nitrogen and oxygen atoms in total. The Kier molecular flexibility index (Phi) is 4.19. The smallest absolute Gasteiger partial charge is 0.326 e. The number of amides is 2. The lowest BCUT2D eigenvalue weighted by atomic mass is 10.2. The van der Waals surface area contributed by atoms with Gasteiger partial charge < -0.3 is 15.3 Å². The summed E-state index contributed by atoms with van der Waals surface area (Å²) >= 11 is 1.48. The van der Waals surface area contributed by atoms with E-state index in [1.54, 1.807) is 18.5 Å². The zero-order valence-electron chi connectivity index (χ0n) is 11.2. The summed E-state index contributed by atoms with van der Waals surface area (Å²) in [5.74, 6) is -1.01. The summed E-state index contributed by atoms with van der Waals surface area (Å²) in [6.45, 7) is 1.73. The van der Waals surface area contributed by atoms with E-state index in [1.165, 1.54) is 23.3 Å². The van der Waals surface area contributed by atoms with Gasteiger partial charge in [-0.2, -0.15) is 0 Å². The Bertz CT molecular complexity index is 641. The molecule has 1 aromatic heterocycles. The number of benzene rings is 1. The molecule has 1 unspecified atom stereocenters. The van der Waals surface area contributed by atoms with Gasteiger partial charge in [-0.1, -0.05) is 6.92 Å². The predicted molar refractivity (Wildman–Crippen MR) is 78.1 cm³/mol. The lowest BCUT2D eigenvalue weighted by molar-refractivity contribution is -0.141. The molecule has 20 heavy (non-hydrogen) atoms. The Labute approximate surface area is 120 Å². The van der Waals surface area contributed by atoms with E-state index in [0.717, 1.165) is 10.2 Å². The largest absolute Gasteiger partial charge is 0.480 e. The number of fused-ring (bicyclic) bond motifs is 1. The fourth-order valence-corrected chi connectivity index (χ4v) is 2.62. The van der Waals surface area contributed by atoms with Crippen molar-refractivity contribution in [2.45, 2.75) is 19.4 Å². The standard InChI is InChI=1S/C13H15N3O3S/c1-3-10(12(17)18)16(2)13(19)15-8-4-5-9-11(6-8)20-7-14-9/h4-7,10H,3H2,1-2H3,(H,15,19)(H,17,18). The predicted octanol–water partition coefficient (Wildman–Crippen LogP) is 2.62. The maximum absolute atomic E-state index is 12.0. The Balaban J connectivity index is 2.12. The molecule has 106 valence electrons. The topological polar surface area (TPSA) is 82.5 Å². The lowest BCUT2D eigenvalue weighted by Crippen LogP contribution is -2.44. The van der Waals surface area contributed by atoms with E-state index in [4.69, 9.17) is 5.11 Å². The van der Waals surface area contributed by atoms with Gasteiger partial charge in [0.1, 0.15) is 6.04 Å². The fraction of sp³-hybridized carbons (Fsp3) is 0.308. The maximum Gasteiger partial charge on any atom is 0.326 e. The third-order valence-electron chi connectivity index (χ3n) is 3.04. The van der Waals surface area contributed by atoms with Crippen LogP contribution in [0, 0.1) is 0 Å². The number of thiazole rings is 1. The minimum absolute atomic E-state index is 0.354. The summed E-state index contributed by atoms with van der Waals surface area (Å²) in [6, 6.07) is 4.11. The molecule has 0 saturated heterocycles. The van der Waals surface area contributed by atoms with Gasteiger partial charge in [-0.05, 0) is 24.6 Å². The number of nitrogens with zero attached hydrogens (tertiary/aromatic N) is 2. The molecule has 0 bridgehead atoms. The van der Waals surface area contributed by atoms with E-state index in [9.17, 15) is 9.59 Å². The maximum atomic E-state index is 12.0. The van der Waals surface area contributed by atoms with Crippen LogP contribution in [0.4, 0.5) is 10.5 Å². The lowest BCUT2D eigenvalue weighted by Gasteiger charge is -2.24. The third-order valence-corrected chi connectivity index (χ3v) is 3.83. The van der Waals surface area contributed by atoms with E-state index in [-0.39, 0.29) is 0 Å². The summed E-state index contributed by atoms with van der Waals surface area (Å²) < 4.78 is 0.968. The van der Waals surface area contributed by atoms with Crippen LogP contribution >= 0.6 is 11.3 Å². The van der Waals surface area contributed by atoms with Crippen LogP contribution in [-0.2, 0) is 4.79 Å². The quantitative estimate of drug-likeness (QED) is 0.907. The second kappa shape index (κ2) is 5.87. The van der Waals surface area contributed by atoms with Crippen molar-refractivity contribution < 1.29 is 14.7 Å². The number of carboxylic acids is 1. The fourth-order valence-electron chi connectivity index (χ4n) is 1.90. The number of aromatic nitrogens is 1. The second-order valence-electron chi connectivity index (χ2n) is 4.34. The number of urea groups is 1. The van der Waals surface area contributed by atoms with Crippen LogP contribution in [0.1, 0.15) is 13.3 Å². The summed E-state index contributed by atoms with van der Waals surface area (Å²) in [6.07, 6.45) is 0.354. The molecule has 1 atom stereocenters. The van der Waals surface area contributed by atoms with Crippen LogP contribution in [0.15, 0.2) is 23.7 Å². The van der Waals surface area contributed by atoms with Crippen LogP contribution in [0.25, 0.3) is 10.2 Å². The van der Waals surface area contributed by atoms with Gasteiger partial charge in [0.05, 0.1) is 15.7 Å². The van der Waals surface area contributed by atoms with E-state index in [2.05, 4.69) is 10.3 Å². The summed E-state index contributed by atoms with van der Waals surface area (Å²) in [5.41, 5.74) is 3.23. The first-order valence-electron chi connectivity index (χ1n) is 6.12. The van der Waals surface area contributed by atoms with Crippen molar-refractivity contribution in [3.05, 3.63) is 23.7 Å². The molecule has 1 aromatic carbocycles. The number of rotatable bonds is 4. The van der Waals surface area contributed by atoms with Crippen molar-refractivity contribution in [2.75, 3.05) is 12.4 Å². The Morgan fingerprint density at radius 2 is 2.25 bits per heavy atom. The van der Waals surface area contributed by atoms with Crippen molar-refractivity contribution in [1.29, 1.82) is 0 Å². The molecular weight excluding hydrogens is 278 g/mol. The average molecular weight is 293 g/mol. The Hall–Kier alpha value is -2.15. The average Bonchev–Trinajstić information content (AvgIpc) is 2.86. The van der Waals surface area contributed by atoms with Crippen molar-refractivity contribution in [3.8, 4) is 0 Å². The number of nitrogens with one attached hydrogen (secondary N) is 1. The highest BCUT2D eigenvalue weighted by molar-refractivity contribution is 7.16. The number of anilines is 1. The molecule has 0 spiro atoms. The van der Waals surface area contributed by atoms with Gasteiger partial charge in [0.25, 0.3) is 0 Å². The number of carboxylic acid groups (broad SMARTS) is 1. The molecule has 2 rings (SSSR count). The number of hydrogen-bond acceptors (Lipinski definition) is 4. The Morgan fingerprint density at radius 3 is 2.90 bits per heavy atom. The molecule has 2 aromatic rings. The van der Waals surface area contributed by atoms with Crippen molar-refractivity contribution in [3.63, 3.8) is 0 Å². The first kappa shape index (κ1) is 14.3. The molecule has 0 fully saturated rings. The molecule has 0 aliphatic rings. The number of carbonyl (C=O) groups excluding carboxylic acids is 1. The van der Waals surface area contributed by atoms with Crippen molar-refractivity contribution >= 4 is 39.2 Å².